The molecule has 29 heavy (non-hydrogen) atoms. The zero-order valence-electron chi connectivity index (χ0n) is 17.7. The number of anilines is 1. The molecular weight excluding hydrogens is 406 g/mol. The van der Waals surface area contributed by atoms with E-state index in [1.807, 2.05) is 31.8 Å². The zero-order chi connectivity index (χ0) is 21.1. The van der Waals surface area contributed by atoms with Crippen LogP contribution >= 0.6 is 23.6 Å². The molecule has 0 aromatic carbocycles. The van der Waals surface area contributed by atoms with Crippen LogP contribution in [0.4, 0.5) is 5.00 Å². The number of methoxy groups -OCH3 is 1. The molecule has 0 unspecified atom stereocenters. The number of thiocarbonyl (C=S) groups is 1. The second-order valence-electron chi connectivity index (χ2n) is 7.26. The van der Waals surface area contributed by atoms with Crippen molar-refractivity contribution in [1.82, 2.24) is 19.6 Å². The fourth-order valence-electron chi connectivity index (χ4n) is 3.64. The van der Waals surface area contributed by atoms with Gasteiger partial charge in [-0.25, -0.2) is 4.79 Å². The van der Waals surface area contributed by atoms with Gasteiger partial charge < -0.3 is 15.0 Å². The molecule has 0 bridgehead atoms. The van der Waals surface area contributed by atoms with Crippen LogP contribution in [-0.2, 0) is 24.8 Å². The predicted octanol–water partition coefficient (Wildman–Crippen LogP) is 2.96. The minimum atomic E-state index is -0.312. The fraction of sp³-hybridized carbons (Fsp3) is 0.550. The average Bonchev–Trinajstić information content (AvgIpc) is 3.20. The highest BCUT2D eigenvalue weighted by Gasteiger charge is 2.25. The van der Waals surface area contributed by atoms with Crippen molar-refractivity contribution in [2.75, 3.05) is 38.6 Å². The van der Waals surface area contributed by atoms with Crippen molar-refractivity contribution in [2.45, 2.75) is 33.7 Å². The number of rotatable bonds is 5. The summed E-state index contributed by atoms with van der Waals surface area (Å²) in [5, 5.41) is 9.09. The topological polar surface area (TPSA) is 62.6 Å². The molecule has 1 aliphatic heterocycles. The zero-order valence-corrected chi connectivity index (χ0v) is 19.4. The molecule has 7 nitrogen and oxygen atoms in total. The number of nitrogens with zero attached hydrogens (tertiary/aromatic N) is 4. The predicted molar refractivity (Wildman–Crippen MR) is 121 cm³/mol. The van der Waals surface area contributed by atoms with Crippen LogP contribution in [0.1, 0.15) is 39.0 Å². The van der Waals surface area contributed by atoms with Gasteiger partial charge in [0.15, 0.2) is 5.11 Å². The Morgan fingerprint density at radius 1 is 1.31 bits per heavy atom. The van der Waals surface area contributed by atoms with Gasteiger partial charge in [-0.3, -0.25) is 9.58 Å². The lowest BCUT2D eigenvalue weighted by Gasteiger charge is -2.36. The Kier molecular flexibility index (Phi) is 6.92. The Morgan fingerprint density at radius 3 is 2.55 bits per heavy atom. The third-order valence-corrected chi connectivity index (χ3v) is 6.99. The van der Waals surface area contributed by atoms with Crippen molar-refractivity contribution < 1.29 is 9.53 Å². The van der Waals surface area contributed by atoms with Crippen molar-refractivity contribution in [2.24, 2.45) is 7.05 Å². The van der Waals surface area contributed by atoms with E-state index in [1.54, 1.807) is 11.3 Å². The van der Waals surface area contributed by atoms with Gasteiger partial charge in [-0.05, 0) is 38.0 Å². The maximum absolute atomic E-state index is 12.3. The molecule has 158 valence electrons. The molecule has 0 radical (unpaired) electrons. The maximum Gasteiger partial charge on any atom is 0.341 e. The van der Waals surface area contributed by atoms with Crippen LogP contribution in [0, 0.1) is 13.8 Å². The van der Waals surface area contributed by atoms with E-state index in [2.05, 4.69) is 27.1 Å². The van der Waals surface area contributed by atoms with Gasteiger partial charge in [0.05, 0.1) is 18.9 Å². The van der Waals surface area contributed by atoms with E-state index in [9.17, 15) is 4.79 Å². The second-order valence-corrected chi connectivity index (χ2v) is 8.87. The van der Waals surface area contributed by atoms with Crippen molar-refractivity contribution in [1.29, 1.82) is 0 Å². The van der Waals surface area contributed by atoms with Crippen LogP contribution in [0.15, 0.2) is 6.20 Å². The largest absolute Gasteiger partial charge is 0.465 e. The lowest BCUT2D eigenvalue weighted by atomic mass is 10.1. The van der Waals surface area contributed by atoms with Gasteiger partial charge in [0.2, 0.25) is 0 Å². The number of carbonyl (C=O) groups is 1. The third kappa shape index (κ3) is 4.62. The van der Waals surface area contributed by atoms with Crippen molar-refractivity contribution in [3.05, 3.63) is 33.5 Å². The second kappa shape index (κ2) is 9.23. The average molecular weight is 436 g/mol. The number of hydrogen-bond acceptors (Lipinski definition) is 6. The fourth-order valence-corrected chi connectivity index (χ4v) is 5.12. The van der Waals surface area contributed by atoms with Crippen LogP contribution in [0.25, 0.3) is 0 Å². The van der Waals surface area contributed by atoms with Crippen molar-refractivity contribution >= 4 is 39.6 Å². The normalized spacial score (nSPS) is 14.9. The van der Waals surface area contributed by atoms with Gasteiger partial charge in [-0.2, -0.15) is 5.10 Å². The molecule has 0 saturated carbocycles. The number of hydrogen-bond donors (Lipinski definition) is 1. The van der Waals surface area contributed by atoms with E-state index in [0.717, 1.165) is 54.6 Å². The molecule has 3 rings (SSSR count). The van der Waals surface area contributed by atoms with E-state index in [-0.39, 0.29) is 5.97 Å². The Hall–Kier alpha value is -1.97. The molecule has 9 heteroatoms. The van der Waals surface area contributed by atoms with Gasteiger partial charge in [0.1, 0.15) is 5.00 Å². The number of carbonyl (C=O) groups excluding carboxylic acids is 1. The summed E-state index contributed by atoms with van der Waals surface area (Å²) >= 11 is 7.22. The highest BCUT2D eigenvalue weighted by Crippen LogP contribution is 2.34. The smallest absolute Gasteiger partial charge is 0.341 e. The summed E-state index contributed by atoms with van der Waals surface area (Å²) in [5.74, 6) is -0.312. The molecular formula is C20H29N5O2S2. The molecule has 2 aromatic heterocycles. The van der Waals surface area contributed by atoms with Gasteiger partial charge in [-0.15, -0.1) is 11.3 Å². The molecule has 1 saturated heterocycles. The molecule has 0 aliphatic carbocycles. The van der Waals surface area contributed by atoms with Gasteiger partial charge in [0.25, 0.3) is 0 Å². The number of piperazine rings is 1. The van der Waals surface area contributed by atoms with Gasteiger partial charge >= 0.3 is 5.97 Å². The Labute approximate surface area is 181 Å². The summed E-state index contributed by atoms with van der Waals surface area (Å²) in [7, 11) is 3.39. The lowest BCUT2D eigenvalue weighted by molar-refractivity contribution is 0.0601. The van der Waals surface area contributed by atoms with Crippen molar-refractivity contribution in [3.63, 3.8) is 0 Å². The summed E-state index contributed by atoms with van der Waals surface area (Å²) in [6, 6.07) is 0. The molecule has 2 aromatic rings. The van der Waals surface area contributed by atoms with E-state index in [1.165, 1.54) is 18.4 Å². The molecule has 0 spiro atoms. The first-order valence-electron chi connectivity index (χ1n) is 9.82. The molecule has 1 aliphatic rings. The first-order chi connectivity index (χ1) is 13.8. The quantitative estimate of drug-likeness (QED) is 0.572. The van der Waals surface area contributed by atoms with E-state index >= 15 is 0 Å². The standard InChI is InChI=1S/C20H29N5O2S2/c1-6-16-14(3)29-18(17(16)19(26)27-5)22-20(28)25-9-7-24(8-10-25)12-15-11-21-23(4)13(15)2/h11H,6-10,12H2,1-5H3,(H,22,28). The van der Waals surface area contributed by atoms with Gasteiger partial charge in [-0.1, -0.05) is 6.92 Å². The first-order valence-corrected chi connectivity index (χ1v) is 11.0. The number of aryl methyl sites for hydroxylation is 2. The third-order valence-electron chi connectivity index (χ3n) is 5.56. The molecule has 0 atom stereocenters. The minimum absolute atomic E-state index is 0.312. The Morgan fingerprint density at radius 2 is 2.00 bits per heavy atom. The highest BCUT2D eigenvalue weighted by molar-refractivity contribution is 7.80. The van der Waals surface area contributed by atoms with E-state index < -0.39 is 0 Å². The number of nitrogens with one attached hydrogen (secondary N) is 1. The van der Waals surface area contributed by atoms with Crippen molar-refractivity contribution in [3.8, 4) is 0 Å². The maximum atomic E-state index is 12.3. The molecule has 1 fully saturated rings. The minimum Gasteiger partial charge on any atom is -0.465 e. The Balaban J connectivity index is 1.62. The summed E-state index contributed by atoms with van der Waals surface area (Å²) < 4.78 is 6.91. The SMILES string of the molecule is CCc1c(C)sc(NC(=S)N2CCN(Cc3cnn(C)c3C)CC2)c1C(=O)OC. The molecule has 1 N–H and O–H groups in total. The number of aromatic nitrogens is 2. The Bertz CT molecular complexity index is 897. The van der Waals surface area contributed by atoms with Gasteiger partial charge in [0, 0.05) is 55.9 Å². The molecule has 0 amide bonds. The van der Waals surface area contributed by atoms with Crippen LogP contribution in [0.2, 0.25) is 0 Å². The van der Waals surface area contributed by atoms with Crippen LogP contribution < -0.4 is 5.32 Å². The van der Waals surface area contributed by atoms with Crippen LogP contribution in [-0.4, -0.2) is 64.0 Å². The van der Waals surface area contributed by atoms with E-state index in [0.29, 0.717) is 10.7 Å². The highest BCUT2D eigenvalue weighted by atomic mass is 32.1. The summed E-state index contributed by atoms with van der Waals surface area (Å²) in [4.78, 5) is 18.0. The number of thiophene rings is 1. The number of esters is 1. The summed E-state index contributed by atoms with van der Waals surface area (Å²) in [5.41, 5.74) is 4.12. The van der Waals surface area contributed by atoms with E-state index in [4.69, 9.17) is 17.0 Å². The summed E-state index contributed by atoms with van der Waals surface area (Å²) in [6.45, 7) is 10.7. The first kappa shape index (κ1) is 21.7. The van der Waals surface area contributed by atoms with Crippen LogP contribution in [0.3, 0.4) is 0 Å². The number of ether oxygens (including phenoxy) is 1. The molecule has 3 heterocycles. The van der Waals surface area contributed by atoms with Crippen LogP contribution in [0.5, 0.6) is 0 Å². The monoisotopic (exact) mass is 435 g/mol. The lowest BCUT2D eigenvalue weighted by Crippen LogP contribution is -2.49. The summed E-state index contributed by atoms with van der Waals surface area (Å²) in [6.07, 6.45) is 2.74.